The molecule has 0 spiro atoms. The van der Waals surface area contributed by atoms with Gasteiger partial charge in [-0.3, -0.25) is 0 Å². The van der Waals surface area contributed by atoms with E-state index in [9.17, 15) is 4.79 Å². The number of anilines is 1. The van der Waals surface area contributed by atoms with E-state index in [0.717, 1.165) is 35.3 Å². The number of fused-ring (bicyclic) bond motifs is 1. The number of hydrogen-bond acceptors (Lipinski definition) is 4. The van der Waals surface area contributed by atoms with Gasteiger partial charge in [-0.1, -0.05) is 19.4 Å². The first-order valence-electron chi connectivity index (χ1n) is 8.36. The van der Waals surface area contributed by atoms with Gasteiger partial charge in [-0.25, -0.2) is 9.78 Å². The highest BCUT2D eigenvalue weighted by atomic mass is 16.2. The molecule has 7 nitrogen and oxygen atoms in total. The molecule has 2 aromatic heterocycles. The number of imidazole rings is 1. The molecule has 7 heteroatoms. The van der Waals surface area contributed by atoms with Gasteiger partial charge in [0.2, 0.25) is 0 Å². The van der Waals surface area contributed by atoms with E-state index >= 15 is 0 Å². The highest BCUT2D eigenvalue weighted by Gasteiger charge is 2.18. The van der Waals surface area contributed by atoms with Gasteiger partial charge >= 0.3 is 6.03 Å². The summed E-state index contributed by atoms with van der Waals surface area (Å²) in [5, 5.41) is 15.0. The summed E-state index contributed by atoms with van der Waals surface area (Å²) in [6.45, 7) is 3.96. The van der Waals surface area contributed by atoms with Crippen LogP contribution in [0.4, 0.5) is 10.5 Å². The summed E-state index contributed by atoms with van der Waals surface area (Å²) in [6, 6.07) is 7.10. The molecule has 0 aliphatic heterocycles. The fraction of sp³-hybridized carbons (Fsp3) is 0.333. The summed E-state index contributed by atoms with van der Waals surface area (Å²) in [6.07, 6.45) is 5.38. The second kappa shape index (κ2) is 7.29. The zero-order valence-electron chi connectivity index (χ0n) is 14.7. The van der Waals surface area contributed by atoms with E-state index in [2.05, 4.69) is 32.7 Å². The Labute approximate surface area is 146 Å². The molecular formula is C18H22N6O. The van der Waals surface area contributed by atoms with Crippen molar-refractivity contribution in [2.75, 3.05) is 5.32 Å². The van der Waals surface area contributed by atoms with Crippen molar-refractivity contribution >= 4 is 22.6 Å². The van der Waals surface area contributed by atoms with Crippen molar-refractivity contribution in [3.63, 3.8) is 0 Å². The van der Waals surface area contributed by atoms with Crippen molar-refractivity contribution in [3.8, 4) is 0 Å². The van der Waals surface area contributed by atoms with Crippen LogP contribution in [0, 0.1) is 6.92 Å². The van der Waals surface area contributed by atoms with Crippen molar-refractivity contribution in [3.05, 3.63) is 48.2 Å². The molecule has 0 aliphatic rings. The van der Waals surface area contributed by atoms with Gasteiger partial charge in [0.05, 0.1) is 22.9 Å². The topological polar surface area (TPSA) is 84.7 Å². The fourth-order valence-electron chi connectivity index (χ4n) is 2.86. The fourth-order valence-corrected chi connectivity index (χ4v) is 2.86. The molecule has 0 fully saturated rings. The smallest absolute Gasteiger partial charge is 0.319 e. The van der Waals surface area contributed by atoms with Gasteiger partial charge in [0.1, 0.15) is 5.82 Å². The van der Waals surface area contributed by atoms with Crippen LogP contribution in [0.15, 0.2) is 36.7 Å². The van der Waals surface area contributed by atoms with Crippen molar-refractivity contribution in [2.24, 2.45) is 7.05 Å². The van der Waals surface area contributed by atoms with Crippen LogP contribution in [0.2, 0.25) is 0 Å². The number of carbonyl (C=O) groups excluding carboxylic acids is 1. The molecule has 0 saturated carbocycles. The molecule has 1 aromatic carbocycles. The minimum atomic E-state index is -0.261. The Hall–Kier alpha value is -2.96. The molecule has 0 unspecified atom stereocenters. The molecule has 1 atom stereocenters. The van der Waals surface area contributed by atoms with Gasteiger partial charge in [-0.05, 0) is 31.5 Å². The number of benzene rings is 1. The molecular weight excluding hydrogens is 316 g/mol. The van der Waals surface area contributed by atoms with E-state index in [4.69, 9.17) is 0 Å². The summed E-state index contributed by atoms with van der Waals surface area (Å²) in [4.78, 5) is 16.9. The maximum Gasteiger partial charge on any atom is 0.319 e. The molecule has 130 valence electrons. The largest absolute Gasteiger partial charge is 0.336 e. The Balaban J connectivity index is 1.80. The normalized spacial score (nSPS) is 12.1. The molecule has 0 bridgehead atoms. The van der Waals surface area contributed by atoms with Crippen LogP contribution in [-0.2, 0) is 7.05 Å². The Kier molecular flexibility index (Phi) is 4.92. The number of urea groups is 1. The molecule has 2 amide bonds. The van der Waals surface area contributed by atoms with Crippen molar-refractivity contribution in [1.82, 2.24) is 25.1 Å². The average molecular weight is 338 g/mol. The number of hydrogen-bond donors (Lipinski definition) is 2. The van der Waals surface area contributed by atoms with Gasteiger partial charge in [0.15, 0.2) is 0 Å². The van der Waals surface area contributed by atoms with E-state index in [1.807, 2.05) is 49.0 Å². The number of nitrogens with one attached hydrogen (secondary N) is 2. The molecule has 2 N–H and O–H groups in total. The van der Waals surface area contributed by atoms with Crippen LogP contribution in [0.1, 0.15) is 37.3 Å². The van der Waals surface area contributed by atoms with Crippen molar-refractivity contribution in [2.45, 2.75) is 32.7 Å². The number of amides is 2. The SMILES string of the molecule is CCC[C@H](NC(=O)Nc1cccc2nnc(C)cc12)c1nccn1C. The third-order valence-electron chi connectivity index (χ3n) is 4.05. The average Bonchev–Trinajstić information content (AvgIpc) is 3.01. The molecule has 3 rings (SSSR count). The highest BCUT2D eigenvalue weighted by Crippen LogP contribution is 2.22. The molecule has 0 radical (unpaired) electrons. The first kappa shape index (κ1) is 16.9. The van der Waals surface area contributed by atoms with Gasteiger partial charge in [-0.2, -0.15) is 10.2 Å². The second-order valence-corrected chi connectivity index (χ2v) is 6.06. The molecule has 0 saturated heterocycles. The third-order valence-corrected chi connectivity index (χ3v) is 4.05. The Morgan fingerprint density at radius 1 is 1.32 bits per heavy atom. The van der Waals surface area contributed by atoms with E-state index in [0.29, 0.717) is 5.69 Å². The molecule has 3 aromatic rings. The second-order valence-electron chi connectivity index (χ2n) is 6.06. The van der Waals surface area contributed by atoms with E-state index in [-0.39, 0.29) is 12.1 Å². The Morgan fingerprint density at radius 2 is 2.16 bits per heavy atom. The lowest BCUT2D eigenvalue weighted by Gasteiger charge is -2.18. The van der Waals surface area contributed by atoms with E-state index in [1.165, 1.54) is 0 Å². The van der Waals surface area contributed by atoms with Gasteiger partial charge in [0.25, 0.3) is 0 Å². The van der Waals surface area contributed by atoms with Crippen LogP contribution < -0.4 is 10.6 Å². The standard InChI is InChI=1S/C18H22N6O/c1-4-6-16(17-19-9-10-24(17)3)21-18(25)20-14-7-5-8-15-13(14)11-12(2)22-23-15/h5,7-11,16H,4,6H2,1-3H3,(H2,20,21,25)/t16-/m0/s1. The zero-order chi connectivity index (χ0) is 17.8. The molecule has 2 heterocycles. The predicted octanol–water partition coefficient (Wildman–Crippen LogP) is 3.33. The third kappa shape index (κ3) is 3.76. The molecule has 25 heavy (non-hydrogen) atoms. The lowest BCUT2D eigenvalue weighted by molar-refractivity contribution is 0.247. The van der Waals surface area contributed by atoms with E-state index in [1.54, 1.807) is 6.20 Å². The number of nitrogens with zero attached hydrogens (tertiary/aromatic N) is 4. The van der Waals surface area contributed by atoms with Crippen LogP contribution in [-0.4, -0.2) is 25.8 Å². The first-order chi connectivity index (χ1) is 12.1. The Morgan fingerprint density at radius 3 is 2.88 bits per heavy atom. The lowest BCUT2D eigenvalue weighted by Crippen LogP contribution is -2.34. The van der Waals surface area contributed by atoms with Crippen LogP contribution >= 0.6 is 0 Å². The number of rotatable bonds is 5. The van der Waals surface area contributed by atoms with Gasteiger partial charge < -0.3 is 15.2 Å². The minimum absolute atomic E-state index is 0.137. The maximum atomic E-state index is 12.5. The summed E-state index contributed by atoms with van der Waals surface area (Å²) in [5.41, 5.74) is 2.26. The molecule has 0 aliphatic carbocycles. The summed E-state index contributed by atoms with van der Waals surface area (Å²) < 4.78 is 1.93. The predicted molar refractivity (Wildman–Crippen MR) is 97.3 cm³/mol. The first-order valence-corrected chi connectivity index (χ1v) is 8.36. The number of aryl methyl sites for hydroxylation is 2. The summed E-state index contributed by atoms with van der Waals surface area (Å²) in [7, 11) is 1.93. The van der Waals surface area contributed by atoms with Gasteiger partial charge in [0, 0.05) is 24.8 Å². The lowest BCUT2D eigenvalue weighted by atomic mass is 10.1. The zero-order valence-corrected chi connectivity index (χ0v) is 14.7. The van der Waals surface area contributed by atoms with E-state index < -0.39 is 0 Å². The number of carbonyl (C=O) groups is 1. The quantitative estimate of drug-likeness (QED) is 0.747. The van der Waals surface area contributed by atoms with Crippen LogP contribution in [0.25, 0.3) is 10.9 Å². The minimum Gasteiger partial charge on any atom is -0.336 e. The van der Waals surface area contributed by atoms with Crippen molar-refractivity contribution < 1.29 is 4.79 Å². The highest BCUT2D eigenvalue weighted by molar-refractivity contribution is 6.00. The monoisotopic (exact) mass is 338 g/mol. The van der Waals surface area contributed by atoms with Crippen LogP contribution in [0.5, 0.6) is 0 Å². The Bertz CT molecular complexity index is 888. The number of aromatic nitrogens is 4. The summed E-state index contributed by atoms with van der Waals surface area (Å²) >= 11 is 0. The van der Waals surface area contributed by atoms with Gasteiger partial charge in [-0.15, -0.1) is 0 Å². The summed E-state index contributed by atoms with van der Waals surface area (Å²) in [5.74, 6) is 0.844. The van der Waals surface area contributed by atoms with Crippen molar-refractivity contribution in [1.29, 1.82) is 0 Å². The maximum absolute atomic E-state index is 12.5. The van der Waals surface area contributed by atoms with Crippen LogP contribution in [0.3, 0.4) is 0 Å².